The van der Waals surface area contributed by atoms with Crippen LogP contribution in [0.15, 0.2) is 34.4 Å². The standard InChI is InChI=1S/C11H16BrNO.C2H6/c1-6-10(11(14)13(4)5)7-8(2)9(3)12;1-2/h6-7H,3H2,1-2,4-5H3;1-2H3/b8-7-,10-6+;. The Kier molecular flexibility index (Phi) is 10.3. The quantitative estimate of drug-likeness (QED) is 0.569. The first-order chi connectivity index (χ1) is 7.40. The number of amides is 1. The molecule has 0 unspecified atom stereocenters. The van der Waals surface area contributed by atoms with Crippen molar-refractivity contribution >= 4 is 21.8 Å². The van der Waals surface area contributed by atoms with E-state index in [4.69, 9.17) is 0 Å². The molecule has 0 aromatic rings. The number of hydrogen-bond donors (Lipinski definition) is 0. The van der Waals surface area contributed by atoms with Gasteiger partial charge in [-0.3, -0.25) is 4.79 Å². The first-order valence-corrected chi connectivity index (χ1v) is 6.10. The van der Waals surface area contributed by atoms with E-state index in [1.54, 1.807) is 25.1 Å². The van der Waals surface area contributed by atoms with Gasteiger partial charge in [-0.1, -0.05) is 42.4 Å². The van der Waals surface area contributed by atoms with E-state index < -0.39 is 0 Å². The highest BCUT2D eigenvalue weighted by molar-refractivity contribution is 9.11. The van der Waals surface area contributed by atoms with Gasteiger partial charge in [0.2, 0.25) is 0 Å². The number of likely N-dealkylation sites (N-methyl/N-ethyl adjacent to an activating group) is 1. The predicted octanol–water partition coefficient (Wildman–Crippen LogP) is 3.90. The van der Waals surface area contributed by atoms with Crippen molar-refractivity contribution in [2.45, 2.75) is 27.7 Å². The van der Waals surface area contributed by atoms with Crippen molar-refractivity contribution in [3.05, 3.63) is 34.4 Å². The molecule has 2 nitrogen and oxygen atoms in total. The fourth-order valence-corrected chi connectivity index (χ4v) is 0.953. The summed E-state index contributed by atoms with van der Waals surface area (Å²) in [6.07, 6.45) is 3.61. The van der Waals surface area contributed by atoms with Crippen LogP contribution in [0.5, 0.6) is 0 Å². The highest BCUT2D eigenvalue weighted by Gasteiger charge is 2.08. The van der Waals surface area contributed by atoms with Crippen molar-refractivity contribution in [2.75, 3.05) is 14.1 Å². The zero-order valence-electron chi connectivity index (χ0n) is 11.1. The van der Waals surface area contributed by atoms with Crippen LogP contribution < -0.4 is 0 Å². The van der Waals surface area contributed by atoms with Crippen LogP contribution in [0.2, 0.25) is 0 Å². The maximum absolute atomic E-state index is 11.6. The van der Waals surface area contributed by atoms with E-state index in [1.165, 1.54) is 0 Å². The molecule has 0 radical (unpaired) electrons. The SMILES string of the molecule is C=C(Br)/C(C)=C\C(=C/C)C(=O)N(C)C.CC. The molecule has 0 aromatic carbocycles. The highest BCUT2D eigenvalue weighted by atomic mass is 79.9. The Morgan fingerprint density at radius 2 is 1.75 bits per heavy atom. The topological polar surface area (TPSA) is 20.3 Å². The molecule has 92 valence electrons. The van der Waals surface area contributed by atoms with Crippen LogP contribution in [-0.4, -0.2) is 24.9 Å². The highest BCUT2D eigenvalue weighted by Crippen LogP contribution is 2.16. The van der Waals surface area contributed by atoms with E-state index in [0.29, 0.717) is 5.57 Å². The minimum absolute atomic E-state index is 0.000556. The van der Waals surface area contributed by atoms with Gasteiger partial charge in [-0.15, -0.1) is 0 Å². The molecule has 0 bridgehead atoms. The Bertz CT molecular complexity index is 301. The molecular weight excluding hydrogens is 266 g/mol. The van der Waals surface area contributed by atoms with Gasteiger partial charge >= 0.3 is 0 Å². The molecule has 0 saturated heterocycles. The van der Waals surface area contributed by atoms with E-state index in [9.17, 15) is 4.79 Å². The number of carbonyl (C=O) groups excluding carboxylic acids is 1. The molecule has 0 aliphatic carbocycles. The molecule has 0 aromatic heterocycles. The van der Waals surface area contributed by atoms with E-state index in [0.717, 1.165) is 10.1 Å². The lowest BCUT2D eigenvalue weighted by atomic mass is 10.1. The monoisotopic (exact) mass is 287 g/mol. The molecule has 0 fully saturated rings. The Morgan fingerprint density at radius 3 is 2.00 bits per heavy atom. The van der Waals surface area contributed by atoms with Crippen LogP contribution in [0.3, 0.4) is 0 Å². The molecular formula is C13H22BrNO. The zero-order chi connectivity index (χ0) is 13.3. The number of rotatable bonds is 3. The smallest absolute Gasteiger partial charge is 0.253 e. The maximum Gasteiger partial charge on any atom is 0.253 e. The number of nitrogens with zero attached hydrogens (tertiary/aromatic N) is 1. The van der Waals surface area contributed by atoms with Crippen LogP contribution in [-0.2, 0) is 4.79 Å². The van der Waals surface area contributed by atoms with Gasteiger partial charge in [0.05, 0.1) is 0 Å². The Morgan fingerprint density at radius 1 is 1.31 bits per heavy atom. The summed E-state index contributed by atoms with van der Waals surface area (Å²) >= 11 is 3.27. The van der Waals surface area contributed by atoms with Gasteiger partial charge in [0.1, 0.15) is 0 Å². The van der Waals surface area contributed by atoms with Gasteiger partial charge < -0.3 is 4.90 Å². The Balaban J connectivity index is 0. The lowest BCUT2D eigenvalue weighted by molar-refractivity contribution is -0.124. The summed E-state index contributed by atoms with van der Waals surface area (Å²) in [4.78, 5) is 13.2. The van der Waals surface area contributed by atoms with Crippen LogP contribution in [0.25, 0.3) is 0 Å². The molecule has 0 atom stereocenters. The Labute approximate surface area is 108 Å². The summed E-state index contributed by atoms with van der Waals surface area (Å²) in [5, 5.41) is 0. The number of carbonyl (C=O) groups is 1. The second-order valence-electron chi connectivity index (χ2n) is 3.18. The minimum atomic E-state index is 0.000556. The molecule has 0 aliphatic heterocycles. The molecule has 0 rings (SSSR count). The van der Waals surface area contributed by atoms with Gasteiger partial charge in [0, 0.05) is 24.2 Å². The third-order valence-corrected chi connectivity index (χ3v) is 2.39. The summed E-state index contributed by atoms with van der Waals surface area (Å²) in [5.74, 6) is 0.000556. The van der Waals surface area contributed by atoms with Crippen LogP contribution in [0, 0.1) is 0 Å². The lowest BCUT2D eigenvalue weighted by Gasteiger charge is -2.11. The largest absolute Gasteiger partial charge is 0.345 e. The van der Waals surface area contributed by atoms with E-state index in [-0.39, 0.29) is 5.91 Å². The number of allylic oxidation sites excluding steroid dienone is 3. The summed E-state index contributed by atoms with van der Waals surface area (Å²) in [7, 11) is 3.47. The van der Waals surface area contributed by atoms with Crippen molar-refractivity contribution in [2.24, 2.45) is 0 Å². The molecule has 0 saturated carbocycles. The predicted molar refractivity (Wildman–Crippen MR) is 75.6 cm³/mol. The van der Waals surface area contributed by atoms with Gasteiger partial charge in [0.25, 0.3) is 5.91 Å². The van der Waals surface area contributed by atoms with Crippen LogP contribution >= 0.6 is 15.9 Å². The fourth-order valence-electron chi connectivity index (χ4n) is 0.838. The molecule has 16 heavy (non-hydrogen) atoms. The molecule has 3 heteroatoms. The van der Waals surface area contributed by atoms with E-state index >= 15 is 0 Å². The summed E-state index contributed by atoms with van der Waals surface area (Å²) in [5.41, 5.74) is 1.63. The molecule has 0 heterocycles. The molecule has 0 N–H and O–H groups in total. The first kappa shape index (κ1) is 17.6. The maximum atomic E-state index is 11.6. The van der Waals surface area contributed by atoms with Crippen molar-refractivity contribution in [1.29, 1.82) is 0 Å². The van der Waals surface area contributed by atoms with Crippen LogP contribution in [0.1, 0.15) is 27.7 Å². The fraction of sp³-hybridized carbons (Fsp3) is 0.462. The third kappa shape index (κ3) is 6.62. The van der Waals surface area contributed by atoms with Gasteiger partial charge in [0.15, 0.2) is 0 Å². The van der Waals surface area contributed by atoms with Crippen molar-refractivity contribution < 1.29 is 4.79 Å². The number of halogens is 1. The third-order valence-electron chi connectivity index (χ3n) is 1.76. The Hall–Kier alpha value is -0.830. The zero-order valence-corrected chi connectivity index (χ0v) is 12.7. The molecule has 1 amide bonds. The summed E-state index contributed by atoms with van der Waals surface area (Å²) in [6.45, 7) is 11.5. The van der Waals surface area contributed by atoms with Crippen molar-refractivity contribution in [1.82, 2.24) is 4.90 Å². The average Bonchev–Trinajstić information content (AvgIpc) is 2.26. The van der Waals surface area contributed by atoms with Gasteiger partial charge in [-0.25, -0.2) is 0 Å². The van der Waals surface area contributed by atoms with Gasteiger partial charge in [-0.2, -0.15) is 0 Å². The minimum Gasteiger partial charge on any atom is -0.345 e. The van der Waals surface area contributed by atoms with Crippen molar-refractivity contribution in [3.63, 3.8) is 0 Å². The van der Waals surface area contributed by atoms with Gasteiger partial charge in [-0.05, 0) is 25.5 Å². The molecule has 0 aliphatic rings. The van der Waals surface area contributed by atoms with E-state index in [2.05, 4.69) is 22.5 Å². The normalized spacial score (nSPS) is 11.4. The van der Waals surface area contributed by atoms with Crippen LogP contribution in [0.4, 0.5) is 0 Å². The second-order valence-corrected chi connectivity index (χ2v) is 4.13. The lowest BCUT2D eigenvalue weighted by Crippen LogP contribution is -2.22. The van der Waals surface area contributed by atoms with Crippen molar-refractivity contribution in [3.8, 4) is 0 Å². The average molecular weight is 288 g/mol. The van der Waals surface area contributed by atoms with E-state index in [1.807, 2.05) is 33.8 Å². The first-order valence-electron chi connectivity index (χ1n) is 5.31. The molecule has 0 spiro atoms. The summed E-state index contributed by atoms with van der Waals surface area (Å²) < 4.78 is 0.795. The second kappa shape index (κ2) is 9.40. The summed E-state index contributed by atoms with van der Waals surface area (Å²) in [6, 6.07) is 0. The number of hydrogen-bond acceptors (Lipinski definition) is 1.